The summed E-state index contributed by atoms with van der Waals surface area (Å²) in [6.45, 7) is 11.2. The smallest absolute Gasteiger partial charge is 0.174 e. The second-order valence-corrected chi connectivity index (χ2v) is 10.5. The van der Waals surface area contributed by atoms with Crippen LogP contribution in [0.25, 0.3) is 0 Å². The molecule has 4 fully saturated rings. The molecule has 3 nitrogen and oxygen atoms in total. The molecule has 3 unspecified atom stereocenters. The standard InChI is InChI=1S/C23H36O3/c1-13-11-16(24)12-15-5-6-17-19-8-7-18(14(2)21(25)26)22(19,3)10-9-20(17)23(13,15)4/h13,15,17-21,25-26H,2,5-12H2,1,3-4H3/t13?,15?,17-,18?,19-,20+,22+,23-/m0/s1. The van der Waals surface area contributed by atoms with Crippen molar-refractivity contribution >= 4 is 5.78 Å². The maximum absolute atomic E-state index is 12.2. The molecule has 3 heteroatoms. The van der Waals surface area contributed by atoms with Crippen molar-refractivity contribution < 1.29 is 15.0 Å². The van der Waals surface area contributed by atoms with Gasteiger partial charge >= 0.3 is 0 Å². The van der Waals surface area contributed by atoms with Crippen LogP contribution in [0, 0.1) is 46.3 Å². The van der Waals surface area contributed by atoms with Crippen LogP contribution in [-0.2, 0) is 4.79 Å². The van der Waals surface area contributed by atoms with E-state index in [0.717, 1.165) is 37.5 Å². The Morgan fingerprint density at radius 2 is 1.81 bits per heavy atom. The van der Waals surface area contributed by atoms with Gasteiger partial charge in [0, 0.05) is 12.8 Å². The molecule has 0 spiro atoms. The number of carbonyl (C=O) groups is 1. The Balaban J connectivity index is 1.63. The average molecular weight is 361 g/mol. The quantitative estimate of drug-likeness (QED) is 0.569. The predicted molar refractivity (Wildman–Crippen MR) is 102 cm³/mol. The third-order valence-electron chi connectivity index (χ3n) is 9.81. The van der Waals surface area contributed by atoms with Crippen molar-refractivity contribution in [2.24, 2.45) is 46.3 Å². The van der Waals surface area contributed by atoms with Crippen molar-refractivity contribution in [3.63, 3.8) is 0 Å². The average Bonchev–Trinajstić information content (AvgIpc) is 2.92. The van der Waals surface area contributed by atoms with Crippen LogP contribution in [0.15, 0.2) is 12.2 Å². The molecule has 4 rings (SSSR count). The first-order chi connectivity index (χ1) is 12.2. The van der Waals surface area contributed by atoms with Crippen LogP contribution < -0.4 is 0 Å². The van der Waals surface area contributed by atoms with Crippen LogP contribution in [-0.4, -0.2) is 22.3 Å². The number of ketones is 1. The summed E-state index contributed by atoms with van der Waals surface area (Å²) in [7, 11) is 0. The molecule has 0 radical (unpaired) electrons. The second-order valence-electron chi connectivity index (χ2n) is 10.5. The molecule has 26 heavy (non-hydrogen) atoms. The van der Waals surface area contributed by atoms with Crippen molar-refractivity contribution in [2.45, 2.75) is 78.4 Å². The molecule has 0 amide bonds. The Labute approximate surface area is 158 Å². The maximum atomic E-state index is 12.2. The first kappa shape index (κ1) is 18.7. The number of hydrogen-bond donors (Lipinski definition) is 2. The van der Waals surface area contributed by atoms with Gasteiger partial charge in [0.05, 0.1) is 0 Å². The molecule has 8 atom stereocenters. The number of fused-ring (bicyclic) bond motifs is 5. The van der Waals surface area contributed by atoms with E-state index in [1.165, 1.54) is 25.7 Å². The monoisotopic (exact) mass is 360 g/mol. The van der Waals surface area contributed by atoms with Gasteiger partial charge < -0.3 is 10.2 Å². The molecule has 146 valence electrons. The predicted octanol–water partition coefficient (Wildman–Crippen LogP) is 4.33. The minimum absolute atomic E-state index is 0.166. The minimum atomic E-state index is -1.38. The number of hydrogen-bond acceptors (Lipinski definition) is 3. The fourth-order valence-electron chi connectivity index (χ4n) is 8.27. The van der Waals surface area contributed by atoms with Gasteiger partial charge in [-0.1, -0.05) is 27.4 Å². The van der Waals surface area contributed by atoms with Crippen LogP contribution in [0.4, 0.5) is 0 Å². The summed E-state index contributed by atoms with van der Waals surface area (Å²) in [5.74, 6) is 3.93. The number of rotatable bonds is 2. The van der Waals surface area contributed by atoms with Crippen LogP contribution in [0.3, 0.4) is 0 Å². The maximum Gasteiger partial charge on any atom is 0.174 e. The summed E-state index contributed by atoms with van der Waals surface area (Å²) in [6.07, 6.45) is 7.30. The molecular formula is C23H36O3. The Bertz CT molecular complexity index is 611. The highest BCUT2D eigenvalue weighted by Crippen LogP contribution is 2.68. The molecule has 0 aromatic rings. The highest BCUT2D eigenvalue weighted by molar-refractivity contribution is 5.80. The topological polar surface area (TPSA) is 57.5 Å². The molecule has 0 heterocycles. The summed E-state index contributed by atoms with van der Waals surface area (Å²) in [6, 6.07) is 0. The molecule has 0 bridgehead atoms. The van der Waals surface area contributed by atoms with Gasteiger partial charge in [0.1, 0.15) is 5.78 Å². The van der Waals surface area contributed by atoms with Gasteiger partial charge in [0.25, 0.3) is 0 Å². The Morgan fingerprint density at radius 1 is 1.08 bits per heavy atom. The molecule has 4 saturated carbocycles. The molecule has 0 aromatic heterocycles. The van der Waals surface area contributed by atoms with Crippen LogP contribution in [0.1, 0.15) is 72.1 Å². The molecule has 4 aliphatic rings. The van der Waals surface area contributed by atoms with E-state index in [-0.39, 0.29) is 11.3 Å². The molecule has 2 N–H and O–H groups in total. The van der Waals surface area contributed by atoms with Gasteiger partial charge in [0.2, 0.25) is 0 Å². The summed E-state index contributed by atoms with van der Waals surface area (Å²) < 4.78 is 0. The molecular weight excluding hydrogens is 324 g/mol. The van der Waals surface area contributed by atoms with Crippen molar-refractivity contribution in [3.05, 3.63) is 12.2 Å². The first-order valence-corrected chi connectivity index (χ1v) is 10.8. The number of aliphatic hydroxyl groups is 2. The van der Waals surface area contributed by atoms with Crippen LogP contribution >= 0.6 is 0 Å². The van der Waals surface area contributed by atoms with Crippen molar-refractivity contribution in [2.75, 3.05) is 0 Å². The number of carbonyl (C=O) groups excluding carboxylic acids is 1. The van der Waals surface area contributed by atoms with Crippen LogP contribution in [0.2, 0.25) is 0 Å². The lowest BCUT2D eigenvalue weighted by Crippen LogP contribution is -2.56. The zero-order chi connectivity index (χ0) is 18.9. The van der Waals surface area contributed by atoms with Crippen molar-refractivity contribution in [1.82, 2.24) is 0 Å². The number of aliphatic hydroxyl groups excluding tert-OH is 1. The molecule has 4 aliphatic carbocycles. The van der Waals surface area contributed by atoms with Crippen LogP contribution in [0.5, 0.6) is 0 Å². The molecule has 0 aromatic carbocycles. The van der Waals surface area contributed by atoms with E-state index in [0.29, 0.717) is 34.5 Å². The zero-order valence-corrected chi connectivity index (χ0v) is 16.7. The highest BCUT2D eigenvalue weighted by atomic mass is 16.5. The van der Waals surface area contributed by atoms with Crippen molar-refractivity contribution in [3.8, 4) is 0 Å². The summed E-state index contributed by atoms with van der Waals surface area (Å²) >= 11 is 0. The normalized spacial score (nSPS) is 50.9. The second kappa shape index (κ2) is 6.17. The van der Waals surface area contributed by atoms with E-state index in [1.807, 2.05) is 0 Å². The first-order valence-electron chi connectivity index (χ1n) is 10.8. The fourth-order valence-corrected chi connectivity index (χ4v) is 8.27. The third-order valence-corrected chi connectivity index (χ3v) is 9.81. The summed E-state index contributed by atoms with van der Waals surface area (Å²) in [5, 5.41) is 19.4. The SMILES string of the molecule is C=C(C(O)O)C1CC[C@H]2[C@@H]3CCC4CC(=O)CC(C)[C@]4(C)[C@@H]3CC[C@]12C. The Kier molecular flexibility index (Phi) is 4.43. The van der Waals surface area contributed by atoms with E-state index in [1.54, 1.807) is 0 Å². The van der Waals surface area contributed by atoms with Gasteiger partial charge in [-0.05, 0) is 90.4 Å². The zero-order valence-electron chi connectivity index (χ0n) is 16.7. The van der Waals surface area contributed by atoms with Gasteiger partial charge in [0.15, 0.2) is 6.29 Å². The lowest BCUT2D eigenvalue weighted by Gasteiger charge is -2.62. The van der Waals surface area contributed by atoms with E-state index in [4.69, 9.17) is 0 Å². The minimum Gasteiger partial charge on any atom is -0.365 e. The van der Waals surface area contributed by atoms with Gasteiger partial charge in [-0.15, -0.1) is 0 Å². The lowest BCUT2D eigenvalue weighted by atomic mass is 9.42. The summed E-state index contributed by atoms with van der Waals surface area (Å²) in [4.78, 5) is 12.2. The Morgan fingerprint density at radius 3 is 2.50 bits per heavy atom. The highest BCUT2D eigenvalue weighted by Gasteiger charge is 2.62. The lowest BCUT2D eigenvalue weighted by molar-refractivity contribution is -0.151. The van der Waals surface area contributed by atoms with Crippen molar-refractivity contribution in [1.29, 1.82) is 0 Å². The number of Topliss-reactive ketones (excluding diaryl/α,β-unsaturated/α-hetero) is 1. The largest absolute Gasteiger partial charge is 0.365 e. The molecule has 0 aliphatic heterocycles. The van der Waals surface area contributed by atoms with Gasteiger partial charge in [-0.2, -0.15) is 0 Å². The third kappa shape index (κ3) is 2.42. The Hall–Kier alpha value is -0.670. The van der Waals surface area contributed by atoms with E-state index in [2.05, 4.69) is 27.4 Å². The van der Waals surface area contributed by atoms with E-state index >= 15 is 0 Å². The fraction of sp³-hybridized carbons (Fsp3) is 0.870. The van der Waals surface area contributed by atoms with Gasteiger partial charge in [-0.25, -0.2) is 0 Å². The van der Waals surface area contributed by atoms with E-state index < -0.39 is 6.29 Å². The molecule has 0 saturated heterocycles. The van der Waals surface area contributed by atoms with Gasteiger partial charge in [-0.3, -0.25) is 4.79 Å². The van der Waals surface area contributed by atoms with E-state index in [9.17, 15) is 15.0 Å². The summed E-state index contributed by atoms with van der Waals surface area (Å²) in [5.41, 5.74) is 1.10.